The van der Waals surface area contributed by atoms with E-state index in [0.29, 0.717) is 11.5 Å². The first-order valence-electron chi connectivity index (χ1n) is 8.39. The number of benzene rings is 1. The van der Waals surface area contributed by atoms with Crippen LogP contribution in [0.4, 0.5) is 0 Å². The Morgan fingerprint density at radius 2 is 2.05 bits per heavy atom. The minimum absolute atomic E-state index is 0.213. The normalized spacial score (nSPS) is 23.2. The minimum Gasteiger partial charge on any atom is -0.326 e. The predicted octanol–water partition coefficient (Wildman–Crippen LogP) is 4.14. The van der Waals surface area contributed by atoms with Crippen LogP contribution in [0.25, 0.3) is 0 Å². The molecule has 1 aromatic rings. The number of aryl methyl sites for hydroxylation is 1. The maximum Gasteiger partial charge on any atom is 0.0499 e. The average Bonchev–Trinajstić information content (AvgIpc) is 2.88. The number of hydrogen-bond acceptors (Lipinski definition) is 2. The van der Waals surface area contributed by atoms with Gasteiger partial charge >= 0.3 is 0 Å². The SMILES string of the molecule is CCC(N)C(c1cccc(C)c1)N1CCC(C(C)(C)C)C1. The zero-order valence-electron chi connectivity index (χ0n) is 14.4. The van der Waals surface area contributed by atoms with Crippen molar-refractivity contribution in [2.24, 2.45) is 17.1 Å². The van der Waals surface area contributed by atoms with E-state index in [4.69, 9.17) is 5.73 Å². The molecule has 3 unspecified atom stereocenters. The maximum atomic E-state index is 6.49. The van der Waals surface area contributed by atoms with Crippen molar-refractivity contribution in [3.8, 4) is 0 Å². The molecule has 1 aromatic carbocycles. The van der Waals surface area contributed by atoms with E-state index in [1.54, 1.807) is 0 Å². The van der Waals surface area contributed by atoms with Gasteiger partial charge in [-0.3, -0.25) is 4.90 Å². The molecular formula is C19H32N2. The van der Waals surface area contributed by atoms with Crippen LogP contribution in [0.5, 0.6) is 0 Å². The second-order valence-corrected chi connectivity index (χ2v) is 7.78. The molecule has 2 N–H and O–H groups in total. The summed E-state index contributed by atoms with van der Waals surface area (Å²) in [5, 5.41) is 0. The molecule has 1 fully saturated rings. The monoisotopic (exact) mass is 288 g/mol. The van der Waals surface area contributed by atoms with Crippen molar-refractivity contribution in [1.82, 2.24) is 4.90 Å². The van der Waals surface area contributed by atoms with Crippen molar-refractivity contribution in [3.63, 3.8) is 0 Å². The predicted molar refractivity (Wildman–Crippen MR) is 91.3 cm³/mol. The second kappa shape index (κ2) is 6.50. The molecule has 0 saturated carbocycles. The van der Waals surface area contributed by atoms with Gasteiger partial charge in [0, 0.05) is 18.6 Å². The maximum absolute atomic E-state index is 6.49. The van der Waals surface area contributed by atoms with Crippen LogP contribution in [0.15, 0.2) is 24.3 Å². The van der Waals surface area contributed by atoms with E-state index >= 15 is 0 Å². The van der Waals surface area contributed by atoms with E-state index in [1.807, 2.05) is 0 Å². The van der Waals surface area contributed by atoms with Gasteiger partial charge in [-0.15, -0.1) is 0 Å². The van der Waals surface area contributed by atoms with Gasteiger partial charge in [0.05, 0.1) is 0 Å². The Morgan fingerprint density at radius 3 is 2.57 bits per heavy atom. The minimum atomic E-state index is 0.213. The van der Waals surface area contributed by atoms with Crippen LogP contribution in [0, 0.1) is 18.3 Å². The largest absolute Gasteiger partial charge is 0.326 e. The molecule has 2 heteroatoms. The molecule has 2 rings (SSSR count). The highest BCUT2D eigenvalue weighted by Gasteiger charge is 2.36. The van der Waals surface area contributed by atoms with Crippen LogP contribution in [-0.2, 0) is 0 Å². The van der Waals surface area contributed by atoms with Crippen LogP contribution < -0.4 is 5.73 Å². The van der Waals surface area contributed by atoms with Crippen molar-refractivity contribution < 1.29 is 0 Å². The summed E-state index contributed by atoms with van der Waals surface area (Å²) >= 11 is 0. The first kappa shape index (κ1) is 16.5. The second-order valence-electron chi connectivity index (χ2n) is 7.78. The highest BCUT2D eigenvalue weighted by atomic mass is 15.2. The number of rotatable bonds is 4. The third-order valence-corrected chi connectivity index (χ3v) is 5.10. The van der Waals surface area contributed by atoms with E-state index in [1.165, 1.54) is 30.6 Å². The number of nitrogens with two attached hydrogens (primary N) is 1. The summed E-state index contributed by atoms with van der Waals surface area (Å²) in [4.78, 5) is 2.62. The van der Waals surface area contributed by atoms with E-state index in [2.05, 4.69) is 63.8 Å². The van der Waals surface area contributed by atoms with Gasteiger partial charge in [-0.2, -0.15) is 0 Å². The van der Waals surface area contributed by atoms with Gasteiger partial charge in [-0.25, -0.2) is 0 Å². The van der Waals surface area contributed by atoms with Gasteiger partial charge in [0.2, 0.25) is 0 Å². The van der Waals surface area contributed by atoms with Gasteiger partial charge in [0.1, 0.15) is 0 Å². The van der Waals surface area contributed by atoms with Crippen LogP contribution in [0.3, 0.4) is 0 Å². The lowest BCUT2D eigenvalue weighted by Gasteiger charge is -2.34. The lowest BCUT2D eigenvalue weighted by molar-refractivity contribution is 0.174. The molecule has 1 aliphatic rings. The van der Waals surface area contributed by atoms with Gasteiger partial charge in [-0.05, 0) is 43.2 Å². The van der Waals surface area contributed by atoms with Gasteiger partial charge in [-0.1, -0.05) is 57.5 Å². The van der Waals surface area contributed by atoms with Crippen LogP contribution in [0.2, 0.25) is 0 Å². The Labute approximate surface area is 130 Å². The van der Waals surface area contributed by atoms with Crippen molar-refractivity contribution in [2.75, 3.05) is 13.1 Å². The van der Waals surface area contributed by atoms with Gasteiger partial charge in [0.15, 0.2) is 0 Å². The zero-order valence-corrected chi connectivity index (χ0v) is 14.4. The molecule has 0 aliphatic carbocycles. The van der Waals surface area contributed by atoms with Crippen LogP contribution in [-0.4, -0.2) is 24.0 Å². The average molecular weight is 288 g/mol. The standard InChI is InChI=1S/C19H32N2/c1-6-17(20)18(15-9-7-8-14(2)12-15)21-11-10-16(13-21)19(3,4)5/h7-9,12,16-18H,6,10-11,13,20H2,1-5H3. The quantitative estimate of drug-likeness (QED) is 0.902. The highest BCUT2D eigenvalue weighted by molar-refractivity contribution is 5.26. The lowest BCUT2D eigenvalue weighted by Crippen LogP contribution is -2.40. The van der Waals surface area contributed by atoms with Gasteiger partial charge < -0.3 is 5.73 Å². The van der Waals surface area contributed by atoms with Crippen molar-refractivity contribution in [3.05, 3.63) is 35.4 Å². The summed E-state index contributed by atoms with van der Waals surface area (Å²) in [5.74, 6) is 0.772. The van der Waals surface area contributed by atoms with Crippen molar-refractivity contribution in [1.29, 1.82) is 0 Å². The van der Waals surface area contributed by atoms with Gasteiger partial charge in [0.25, 0.3) is 0 Å². The van der Waals surface area contributed by atoms with E-state index in [9.17, 15) is 0 Å². The third kappa shape index (κ3) is 3.87. The Balaban J connectivity index is 2.22. The highest BCUT2D eigenvalue weighted by Crippen LogP contribution is 2.38. The van der Waals surface area contributed by atoms with E-state index < -0.39 is 0 Å². The molecule has 1 aliphatic heterocycles. The topological polar surface area (TPSA) is 29.3 Å². The fraction of sp³-hybridized carbons (Fsp3) is 0.684. The third-order valence-electron chi connectivity index (χ3n) is 5.10. The fourth-order valence-corrected chi connectivity index (χ4v) is 3.55. The number of hydrogen-bond donors (Lipinski definition) is 1. The fourth-order valence-electron chi connectivity index (χ4n) is 3.55. The Kier molecular flexibility index (Phi) is 5.11. The Morgan fingerprint density at radius 1 is 1.33 bits per heavy atom. The summed E-state index contributed by atoms with van der Waals surface area (Å²) in [6.07, 6.45) is 2.32. The summed E-state index contributed by atoms with van der Waals surface area (Å²) in [6.45, 7) is 13.8. The summed E-state index contributed by atoms with van der Waals surface area (Å²) in [6, 6.07) is 9.47. The van der Waals surface area contributed by atoms with Crippen molar-refractivity contribution in [2.45, 2.75) is 59.5 Å². The summed E-state index contributed by atoms with van der Waals surface area (Å²) in [7, 11) is 0. The molecule has 1 saturated heterocycles. The van der Waals surface area contributed by atoms with Crippen LogP contribution in [0.1, 0.15) is 57.7 Å². The molecule has 118 valence electrons. The lowest BCUT2D eigenvalue weighted by atomic mass is 9.80. The summed E-state index contributed by atoms with van der Waals surface area (Å²) in [5.41, 5.74) is 9.60. The molecule has 0 radical (unpaired) electrons. The molecule has 1 heterocycles. The summed E-state index contributed by atoms with van der Waals surface area (Å²) < 4.78 is 0. The van der Waals surface area contributed by atoms with Crippen molar-refractivity contribution >= 4 is 0 Å². The smallest absolute Gasteiger partial charge is 0.0499 e. The van der Waals surface area contributed by atoms with Crippen LogP contribution >= 0.6 is 0 Å². The van der Waals surface area contributed by atoms with E-state index in [-0.39, 0.29) is 6.04 Å². The zero-order chi connectivity index (χ0) is 15.6. The number of nitrogens with zero attached hydrogens (tertiary/aromatic N) is 1. The molecule has 0 amide bonds. The first-order chi connectivity index (χ1) is 9.82. The molecule has 21 heavy (non-hydrogen) atoms. The number of likely N-dealkylation sites (tertiary alicyclic amines) is 1. The Hall–Kier alpha value is -0.860. The molecule has 3 atom stereocenters. The molecule has 2 nitrogen and oxygen atoms in total. The van der Waals surface area contributed by atoms with E-state index in [0.717, 1.165) is 12.3 Å². The molecule has 0 bridgehead atoms. The first-order valence-corrected chi connectivity index (χ1v) is 8.39. The molecule has 0 aromatic heterocycles. The molecular weight excluding hydrogens is 256 g/mol. The molecule has 0 spiro atoms. The Bertz CT molecular complexity index is 461.